The van der Waals surface area contributed by atoms with Crippen LogP contribution >= 0.6 is 0 Å². The molecule has 0 aliphatic carbocycles. The van der Waals surface area contributed by atoms with Crippen LogP contribution in [0.5, 0.6) is 11.5 Å². The van der Waals surface area contributed by atoms with Gasteiger partial charge >= 0.3 is 0 Å². The Hall–Kier alpha value is -2.86. The quantitative estimate of drug-likeness (QED) is 0.337. The summed E-state index contributed by atoms with van der Waals surface area (Å²) in [6.07, 6.45) is 3.76. The lowest BCUT2D eigenvalue weighted by Crippen LogP contribution is -2.00. The molecule has 6 heteroatoms. The molecule has 0 saturated heterocycles. The van der Waals surface area contributed by atoms with Gasteiger partial charge in [-0.3, -0.25) is 10.1 Å². The fraction of sp³-hybridized carbons (Fsp3) is 0.176. The van der Waals surface area contributed by atoms with E-state index >= 15 is 0 Å². The number of nitro benzene ring substituents is 1. The number of nitrogens with zero attached hydrogens (tertiary/aromatic N) is 1. The van der Waals surface area contributed by atoms with Crippen LogP contribution in [0.25, 0.3) is 12.2 Å². The zero-order chi connectivity index (χ0) is 16.7. The maximum absolute atomic E-state index is 10.6. The van der Waals surface area contributed by atoms with Crippen LogP contribution in [0.1, 0.15) is 11.1 Å². The van der Waals surface area contributed by atoms with Gasteiger partial charge < -0.3 is 14.2 Å². The summed E-state index contributed by atoms with van der Waals surface area (Å²) in [6.45, 7) is 0.147. The molecule has 0 saturated carbocycles. The van der Waals surface area contributed by atoms with Crippen molar-refractivity contribution in [2.75, 3.05) is 21.0 Å². The van der Waals surface area contributed by atoms with Crippen LogP contribution in [0, 0.1) is 10.1 Å². The Morgan fingerprint density at radius 3 is 2.26 bits per heavy atom. The SMILES string of the molecule is COCOc1ccc(/C=C/c2ccc([N+](=O)[O-])cc2)cc1OC. The highest BCUT2D eigenvalue weighted by atomic mass is 16.7. The van der Waals surface area contributed by atoms with Crippen LogP contribution in [-0.2, 0) is 4.74 Å². The number of nitro groups is 1. The van der Waals surface area contributed by atoms with Gasteiger partial charge in [-0.25, -0.2) is 0 Å². The largest absolute Gasteiger partial charge is 0.493 e. The van der Waals surface area contributed by atoms with E-state index in [9.17, 15) is 10.1 Å². The minimum Gasteiger partial charge on any atom is -0.493 e. The zero-order valence-corrected chi connectivity index (χ0v) is 12.9. The molecule has 0 spiro atoms. The molecule has 2 rings (SSSR count). The fourth-order valence-corrected chi connectivity index (χ4v) is 1.93. The molecule has 2 aromatic carbocycles. The number of benzene rings is 2. The molecule has 0 fully saturated rings. The van der Waals surface area contributed by atoms with E-state index in [4.69, 9.17) is 14.2 Å². The molecule has 0 aliphatic rings. The molecule has 0 bridgehead atoms. The fourth-order valence-electron chi connectivity index (χ4n) is 1.93. The summed E-state index contributed by atoms with van der Waals surface area (Å²) in [4.78, 5) is 10.2. The van der Waals surface area contributed by atoms with Crippen molar-refractivity contribution in [1.82, 2.24) is 0 Å². The lowest BCUT2D eigenvalue weighted by molar-refractivity contribution is -0.384. The molecule has 0 aliphatic heterocycles. The summed E-state index contributed by atoms with van der Waals surface area (Å²) in [5.41, 5.74) is 1.86. The molecule has 120 valence electrons. The predicted molar refractivity (Wildman–Crippen MR) is 87.5 cm³/mol. The first-order valence-corrected chi connectivity index (χ1v) is 6.86. The van der Waals surface area contributed by atoms with Crippen molar-refractivity contribution >= 4 is 17.8 Å². The Morgan fingerprint density at radius 1 is 1.00 bits per heavy atom. The van der Waals surface area contributed by atoms with Gasteiger partial charge in [0, 0.05) is 19.2 Å². The van der Waals surface area contributed by atoms with E-state index in [1.807, 2.05) is 24.3 Å². The molecule has 2 aromatic rings. The van der Waals surface area contributed by atoms with E-state index < -0.39 is 4.92 Å². The van der Waals surface area contributed by atoms with E-state index in [1.165, 1.54) is 12.1 Å². The van der Waals surface area contributed by atoms with Crippen LogP contribution in [0.3, 0.4) is 0 Å². The van der Waals surface area contributed by atoms with Gasteiger partial charge in [0.15, 0.2) is 18.3 Å². The van der Waals surface area contributed by atoms with Gasteiger partial charge in [0.25, 0.3) is 5.69 Å². The van der Waals surface area contributed by atoms with E-state index in [0.717, 1.165) is 11.1 Å². The highest BCUT2D eigenvalue weighted by Gasteiger charge is 2.05. The summed E-state index contributed by atoms with van der Waals surface area (Å²) in [7, 11) is 3.12. The van der Waals surface area contributed by atoms with Crippen molar-refractivity contribution in [3.05, 3.63) is 63.7 Å². The van der Waals surface area contributed by atoms with Gasteiger partial charge in [0.1, 0.15) is 0 Å². The molecule has 0 amide bonds. The summed E-state index contributed by atoms with van der Waals surface area (Å²) in [5.74, 6) is 1.20. The zero-order valence-electron chi connectivity index (χ0n) is 12.9. The van der Waals surface area contributed by atoms with E-state index in [1.54, 1.807) is 32.4 Å². The van der Waals surface area contributed by atoms with Crippen LogP contribution in [0.4, 0.5) is 5.69 Å². The first-order valence-electron chi connectivity index (χ1n) is 6.86. The molecular weight excluding hydrogens is 298 g/mol. The lowest BCUT2D eigenvalue weighted by atomic mass is 10.1. The molecule has 0 heterocycles. The number of rotatable bonds is 7. The Bertz CT molecular complexity index is 695. The minimum absolute atomic E-state index is 0.0727. The highest BCUT2D eigenvalue weighted by molar-refractivity contribution is 5.71. The molecule has 0 N–H and O–H groups in total. The van der Waals surface area contributed by atoms with Crippen LogP contribution in [-0.4, -0.2) is 25.9 Å². The van der Waals surface area contributed by atoms with Crippen molar-refractivity contribution in [3.63, 3.8) is 0 Å². The Morgan fingerprint density at radius 2 is 1.65 bits per heavy atom. The average Bonchev–Trinajstić information content (AvgIpc) is 2.58. The lowest BCUT2D eigenvalue weighted by Gasteiger charge is -2.10. The van der Waals surface area contributed by atoms with Gasteiger partial charge in [-0.1, -0.05) is 18.2 Å². The van der Waals surface area contributed by atoms with Gasteiger partial charge in [0.2, 0.25) is 0 Å². The van der Waals surface area contributed by atoms with Crippen molar-refractivity contribution in [2.45, 2.75) is 0 Å². The Balaban J connectivity index is 2.14. The van der Waals surface area contributed by atoms with E-state index in [2.05, 4.69) is 0 Å². The third-order valence-corrected chi connectivity index (χ3v) is 3.09. The average molecular weight is 315 g/mol. The molecule has 0 radical (unpaired) electrons. The topological polar surface area (TPSA) is 70.8 Å². The van der Waals surface area contributed by atoms with E-state index in [-0.39, 0.29) is 12.5 Å². The normalized spacial score (nSPS) is 10.7. The molecule has 0 unspecified atom stereocenters. The third kappa shape index (κ3) is 4.55. The third-order valence-electron chi connectivity index (χ3n) is 3.09. The van der Waals surface area contributed by atoms with Crippen LogP contribution in [0.2, 0.25) is 0 Å². The Kier molecular flexibility index (Phi) is 5.71. The smallest absolute Gasteiger partial charge is 0.269 e. The number of hydrogen-bond acceptors (Lipinski definition) is 5. The second kappa shape index (κ2) is 7.95. The van der Waals surface area contributed by atoms with Crippen molar-refractivity contribution in [2.24, 2.45) is 0 Å². The molecule has 6 nitrogen and oxygen atoms in total. The van der Waals surface area contributed by atoms with Gasteiger partial charge in [-0.2, -0.15) is 0 Å². The number of hydrogen-bond donors (Lipinski definition) is 0. The summed E-state index contributed by atoms with van der Waals surface area (Å²) in [6, 6.07) is 11.9. The maximum Gasteiger partial charge on any atom is 0.269 e. The molecular formula is C17H17NO5. The number of non-ortho nitro benzene ring substituents is 1. The summed E-state index contributed by atoms with van der Waals surface area (Å²) in [5, 5.41) is 10.6. The molecule has 23 heavy (non-hydrogen) atoms. The predicted octanol–water partition coefficient (Wildman–Crippen LogP) is 3.76. The number of methoxy groups -OCH3 is 2. The first-order chi connectivity index (χ1) is 11.1. The summed E-state index contributed by atoms with van der Waals surface area (Å²) >= 11 is 0. The maximum atomic E-state index is 10.6. The van der Waals surface area contributed by atoms with Gasteiger partial charge in [0.05, 0.1) is 12.0 Å². The van der Waals surface area contributed by atoms with E-state index in [0.29, 0.717) is 11.5 Å². The van der Waals surface area contributed by atoms with Crippen molar-refractivity contribution in [3.8, 4) is 11.5 Å². The van der Waals surface area contributed by atoms with Gasteiger partial charge in [-0.15, -0.1) is 0 Å². The van der Waals surface area contributed by atoms with Crippen molar-refractivity contribution < 1.29 is 19.1 Å². The van der Waals surface area contributed by atoms with Crippen LogP contribution < -0.4 is 9.47 Å². The minimum atomic E-state index is -0.420. The molecule has 0 aromatic heterocycles. The highest BCUT2D eigenvalue weighted by Crippen LogP contribution is 2.28. The molecule has 0 atom stereocenters. The first kappa shape index (κ1) is 16.5. The van der Waals surface area contributed by atoms with Crippen LogP contribution in [0.15, 0.2) is 42.5 Å². The van der Waals surface area contributed by atoms with Crippen molar-refractivity contribution in [1.29, 1.82) is 0 Å². The van der Waals surface area contributed by atoms with Gasteiger partial charge in [-0.05, 0) is 35.4 Å². The standard InChI is InChI=1S/C17H17NO5/c1-21-12-23-16-10-7-14(11-17(16)22-2)4-3-13-5-8-15(9-6-13)18(19)20/h3-11H,12H2,1-2H3/b4-3+. The number of ether oxygens (including phenoxy) is 3. The second-order valence-electron chi connectivity index (χ2n) is 4.64. The second-order valence-corrected chi connectivity index (χ2v) is 4.64. The monoisotopic (exact) mass is 315 g/mol. The Labute approximate surface area is 134 Å². The summed E-state index contributed by atoms with van der Waals surface area (Å²) < 4.78 is 15.6.